The van der Waals surface area contributed by atoms with Crippen LogP contribution < -0.4 is 0 Å². The first kappa shape index (κ1) is 31.5. The summed E-state index contributed by atoms with van der Waals surface area (Å²) in [7, 11) is 6.59. The number of methoxy groups -OCH3 is 4. The molecular formula is C34H47NO10. The number of carbonyl (C=O) groups excluding carboxylic acids is 2. The van der Waals surface area contributed by atoms with Crippen LogP contribution in [0.25, 0.3) is 0 Å². The molecule has 1 saturated heterocycles. The zero-order valence-electron chi connectivity index (χ0n) is 27.0. The molecule has 1 spiro atoms. The summed E-state index contributed by atoms with van der Waals surface area (Å²) in [6, 6.07) is 8.42. The van der Waals surface area contributed by atoms with Crippen LogP contribution in [-0.4, -0.2) is 123 Å². The number of esters is 2. The van der Waals surface area contributed by atoms with Crippen LogP contribution in [0, 0.1) is 34.5 Å². The van der Waals surface area contributed by atoms with Gasteiger partial charge in [0.15, 0.2) is 5.60 Å². The van der Waals surface area contributed by atoms with Crippen molar-refractivity contribution in [2.24, 2.45) is 34.5 Å². The lowest BCUT2D eigenvalue weighted by Crippen LogP contribution is -2.80. The fourth-order valence-electron chi connectivity index (χ4n) is 12.4. The molecule has 45 heavy (non-hydrogen) atoms. The molecule has 7 bridgehead atoms. The predicted molar refractivity (Wildman–Crippen MR) is 159 cm³/mol. The van der Waals surface area contributed by atoms with Crippen LogP contribution >= 0.6 is 0 Å². The largest absolute Gasteiger partial charge is 0.455 e. The van der Waals surface area contributed by atoms with E-state index in [1.807, 2.05) is 6.07 Å². The molecule has 1 heterocycles. The van der Waals surface area contributed by atoms with Crippen LogP contribution in [0.2, 0.25) is 0 Å². The van der Waals surface area contributed by atoms with E-state index in [-0.39, 0.29) is 35.8 Å². The Hall–Kier alpha value is -2.12. The van der Waals surface area contributed by atoms with E-state index in [0.717, 1.165) is 19.4 Å². The minimum absolute atomic E-state index is 0.101. The van der Waals surface area contributed by atoms with Gasteiger partial charge in [-0.3, -0.25) is 9.69 Å². The molecule has 0 radical (unpaired) electrons. The Bertz CT molecular complexity index is 1330. The number of nitrogens with zero attached hydrogens (tertiary/aromatic N) is 1. The highest BCUT2D eigenvalue weighted by Gasteiger charge is 2.91. The van der Waals surface area contributed by atoms with Crippen molar-refractivity contribution in [1.82, 2.24) is 4.90 Å². The molecule has 7 rings (SSSR count). The summed E-state index contributed by atoms with van der Waals surface area (Å²) in [6.45, 7) is 5.44. The molecule has 2 unspecified atom stereocenters. The second-order valence-corrected chi connectivity index (χ2v) is 14.3. The van der Waals surface area contributed by atoms with Crippen molar-refractivity contribution < 1.29 is 48.2 Å². The van der Waals surface area contributed by atoms with Crippen molar-refractivity contribution >= 4 is 11.9 Å². The summed E-state index contributed by atoms with van der Waals surface area (Å²) in [5.74, 6) is -2.95. The van der Waals surface area contributed by atoms with E-state index in [1.165, 1.54) is 14.0 Å². The van der Waals surface area contributed by atoms with E-state index < -0.39 is 64.8 Å². The fraction of sp³-hybridized carbons (Fsp3) is 0.765. The molecule has 11 nitrogen and oxygen atoms in total. The Morgan fingerprint density at radius 1 is 1.02 bits per heavy atom. The summed E-state index contributed by atoms with van der Waals surface area (Å²) >= 11 is 0. The number of aliphatic hydroxyl groups excluding tert-OH is 1. The zero-order chi connectivity index (χ0) is 32.1. The van der Waals surface area contributed by atoms with Crippen LogP contribution in [0.3, 0.4) is 0 Å². The van der Waals surface area contributed by atoms with Gasteiger partial charge >= 0.3 is 11.9 Å². The maximum absolute atomic E-state index is 13.7. The lowest BCUT2D eigenvalue weighted by Gasteiger charge is -2.69. The van der Waals surface area contributed by atoms with Crippen LogP contribution in [-0.2, 0) is 33.2 Å². The molecule has 0 amide bonds. The van der Waals surface area contributed by atoms with Gasteiger partial charge in [-0.15, -0.1) is 0 Å². The van der Waals surface area contributed by atoms with Crippen molar-refractivity contribution in [3.8, 4) is 0 Å². The van der Waals surface area contributed by atoms with Crippen LogP contribution in [0.1, 0.15) is 43.5 Å². The number of rotatable bonds is 9. The summed E-state index contributed by atoms with van der Waals surface area (Å²) in [5, 5.41) is 25.3. The third-order valence-electron chi connectivity index (χ3n) is 13.0. The number of piperidine rings is 1. The summed E-state index contributed by atoms with van der Waals surface area (Å²) in [6.07, 6.45) is -2.64. The molecule has 5 aliphatic carbocycles. The lowest BCUT2D eigenvalue weighted by atomic mass is 9.43. The molecule has 0 aromatic heterocycles. The average molecular weight is 630 g/mol. The normalized spacial score (nSPS) is 49.1. The van der Waals surface area contributed by atoms with E-state index in [9.17, 15) is 19.8 Å². The van der Waals surface area contributed by atoms with Crippen molar-refractivity contribution in [1.29, 1.82) is 0 Å². The Morgan fingerprint density at radius 2 is 1.76 bits per heavy atom. The molecule has 14 atom stereocenters. The third-order valence-corrected chi connectivity index (χ3v) is 13.0. The van der Waals surface area contributed by atoms with E-state index in [4.69, 9.17) is 28.4 Å². The minimum atomic E-state index is -1.76. The Kier molecular flexibility index (Phi) is 7.48. The predicted octanol–water partition coefficient (Wildman–Crippen LogP) is 1.68. The maximum atomic E-state index is 13.7. The SMILES string of the molecule is CCN1C[C@]2(COC)CCC(OC)[C@@]34[C@@H]5C[C@@]6(O)C(OC)[C@H](O)[C@@](OC(C)=O)([C@H]5[C@H]6OC(=O)c5ccccc5)[C@@H]([C@H](OC)[C@H]23)[C@@H]14. The third kappa shape index (κ3) is 3.66. The van der Waals surface area contributed by atoms with E-state index in [2.05, 4.69) is 11.8 Å². The Labute approximate surface area is 264 Å². The zero-order valence-corrected chi connectivity index (χ0v) is 27.0. The molecule has 11 heteroatoms. The van der Waals surface area contributed by atoms with Crippen molar-refractivity contribution in [2.45, 2.75) is 80.9 Å². The number of carbonyl (C=O) groups is 2. The first-order valence-corrected chi connectivity index (χ1v) is 16.2. The van der Waals surface area contributed by atoms with Gasteiger partial charge in [0.25, 0.3) is 0 Å². The molecule has 5 saturated carbocycles. The number of ether oxygens (including phenoxy) is 6. The molecule has 1 aromatic carbocycles. The number of benzene rings is 1. The summed E-state index contributed by atoms with van der Waals surface area (Å²) in [4.78, 5) is 29.4. The lowest BCUT2D eigenvalue weighted by molar-refractivity contribution is -0.317. The first-order chi connectivity index (χ1) is 21.6. The van der Waals surface area contributed by atoms with Crippen molar-refractivity contribution in [3.63, 3.8) is 0 Å². The topological polar surface area (TPSA) is 133 Å². The van der Waals surface area contributed by atoms with Gasteiger partial charge < -0.3 is 38.6 Å². The van der Waals surface area contributed by atoms with Crippen molar-refractivity contribution in [3.05, 3.63) is 35.9 Å². The van der Waals surface area contributed by atoms with Gasteiger partial charge in [-0.05, 0) is 43.9 Å². The van der Waals surface area contributed by atoms with Gasteiger partial charge in [0.05, 0.1) is 24.4 Å². The fourth-order valence-corrected chi connectivity index (χ4v) is 12.4. The molecule has 1 aliphatic heterocycles. The quantitative estimate of drug-likeness (QED) is 0.387. The standard InChI is InChI=1S/C34H47NO10/c1-7-35-16-31(17-40-3)14-13-21(41-4)33-20-15-32(39)28(44-30(38)19-11-9-8-10-12-19)22(20)34(45-18(2)36,27(37)29(32)43-6)23(26(33)35)24(42-5)25(31)33/h8-12,20-29,37,39H,7,13-17H2,1-6H3/t20-,21?,22-,23+,24+,25-,26-,27+,28-,29?,31+,32+,33+,34-/m1/s1. The smallest absolute Gasteiger partial charge is 0.338 e. The van der Waals surface area contributed by atoms with Gasteiger partial charge in [0.2, 0.25) is 0 Å². The van der Waals surface area contributed by atoms with Gasteiger partial charge in [-0.25, -0.2) is 4.79 Å². The van der Waals surface area contributed by atoms with Gasteiger partial charge in [-0.2, -0.15) is 0 Å². The van der Waals surface area contributed by atoms with Crippen LogP contribution in [0.5, 0.6) is 0 Å². The molecular weight excluding hydrogens is 582 g/mol. The highest BCUT2D eigenvalue weighted by atomic mass is 16.6. The maximum Gasteiger partial charge on any atom is 0.338 e. The first-order valence-electron chi connectivity index (χ1n) is 16.2. The highest BCUT2D eigenvalue weighted by Crippen LogP contribution is 2.80. The van der Waals surface area contributed by atoms with E-state index in [0.29, 0.717) is 18.7 Å². The van der Waals surface area contributed by atoms with Gasteiger partial charge in [0.1, 0.15) is 23.9 Å². The number of hydrogen-bond acceptors (Lipinski definition) is 11. The van der Waals surface area contributed by atoms with Crippen molar-refractivity contribution in [2.75, 3.05) is 48.1 Å². The van der Waals surface area contributed by atoms with Gasteiger partial charge in [-0.1, -0.05) is 25.1 Å². The summed E-state index contributed by atoms with van der Waals surface area (Å²) in [5.41, 5.74) is -3.92. The Balaban J connectivity index is 1.52. The molecule has 6 fully saturated rings. The van der Waals surface area contributed by atoms with E-state index in [1.54, 1.807) is 45.6 Å². The second-order valence-electron chi connectivity index (χ2n) is 14.3. The molecule has 2 N–H and O–H groups in total. The number of likely N-dealkylation sites (tertiary alicyclic amines) is 1. The summed E-state index contributed by atoms with van der Waals surface area (Å²) < 4.78 is 37.7. The van der Waals surface area contributed by atoms with Gasteiger partial charge in [0, 0.05) is 76.5 Å². The van der Waals surface area contributed by atoms with Crippen LogP contribution in [0.15, 0.2) is 30.3 Å². The van der Waals surface area contributed by atoms with Crippen LogP contribution in [0.4, 0.5) is 0 Å². The molecule has 248 valence electrons. The Morgan fingerprint density at radius 3 is 2.36 bits per heavy atom. The second kappa shape index (κ2) is 10.7. The molecule has 1 aromatic rings. The number of fused-ring (bicyclic) bond motifs is 2. The minimum Gasteiger partial charge on any atom is -0.455 e. The van der Waals surface area contributed by atoms with E-state index >= 15 is 0 Å². The highest BCUT2D eigenvalue weighted by molar-refractivity contribution is 5.89. The molecule has 6 aliphatic rings. The number of hydrogen-bond donors (Lipinski definition) is 2. The average Bonchev–Trinajstić information content (AvgIpc) is 3.40. The monoisotopic (exact) mass is 629 g/mol. The number of aliphatic hydroxyl groups is 2.